The maximum Gasteiger partial charge on any atom is 0.231 e. The Hall–Kier alpha value is -3.83. The summed E-state index contributed by atoms with van der Waals surface area (Å²) >= 11 is 0. The molecule has 0 amide bonds. The summed E-state index contributed by atoms with van der Waals surface area (Å²) in [7, 11) is 3.72. The number of rotatable bonds is 4. The fourth-order valence-electron chi connectivity index (χ4n) is 5.05. The number of hydrogen-bond donors (Lipinski definition) is 1. The van der Waals surface area contributed by atoms with E-state index in [9.17, 15) is 5.11 Å². The maximum absolute atomic E-state index is 10.3. The average Bonchev–Trinajstić information content (AvgIpc) is 3.30. The molecule has 1 aliphatic heterocycles. The molecule has 5 nitrogen and oxygen atoms in total. The zero-order valence-corrected chi connectivity index (χ0v) is 18.6. The van der Waals surface area contributed by atoms with E-state index < -0.39 is 0 Å². The summed E-state index contributed by atoms with van der Waals surface area (Å²) in [4.78, 5) is 0. The van der Waals surface area contributed by atoms with E-state index in [4.69, 9.17) is 14.2 Å². The van der Waals surface area contributed by atoms with E-state index in [0.717, 1.165) is 67.2 Å². The zero-order chi connectivity index (χ0) is 22.5. The molecule has 0 fully saturated rings. The Kier molecular flexibility index (Phi) is 4.59. The first-order valence-electron chi connectivity index (χ1n) is 11.0. The fraction of sp³-hybridized carbons (Fsp3) is 0.179. The lowest BCUT2D eigenvalue weighted by Gasteiger charge is -2.16. The molecule has 0 bridgehead atoms. The minimum atomic E-state index is -0.0791. The second kappa shape index (κ2) is 7.64. The Labute approximate surface area is 191 Å². The third-order valence-electron chi connectivity index (χ3n) is 6.56. The molecule has 1 N–H and O–H groups in total. The van der Waals surface area contributed by atoms with E-state index >= 15 is 0 Å². The van der Waals surface area contributed by atoms with Gasteiger partial charge >= 0.3 is 0 Å². The summed E-state index contributed by atoms with van der Waals surface area (Å²) in [5.41, 5.74) is 4.20. The van der Waals surface area contributed by atoms with Gasteiger partial charge in [0.05, 0.1) is 29.9 Å². The summed E-state index contributed by atoms with van der Waals surface area (Å²) in [5.74, 6) is 2.28. The van der Waals surface area contributed by atoms with E-state index in [2.05, 4.69) is 47.2 Å². The first-order valence-corrected chi connectivity index (χ1v) is 11.0. The van der Waals surface area contributed by atoms with Crippen molar-refractivity contribution in [1.82, 2.24) is 0 Å². The van der Waals surface area contributed by atoms with Gasteiger partial charge in [-0.1, -0.05) is 36.4 Å². The van der Waals surface area contributed by atoms with Crippen LogP contribution in [0.2, 0.25) is 0 Å². The molecule has 0 aliphatic carbocycles. The fourth-order valence-corrected chi connectivity index (χ4v) is 5.05. The lowest BCUT2D eigenvalue weighted by molar-refractivity contribution is -0.642. The van der Waals surface area contributed by atoms with Crippen LogP contribution in [0.4, 0.5) is 0 Å². The predicted octanol–water partition coefficient (Wildman–Crippen LogP) is 4.79. The number of pyridine rings is 1. The number of aryl methyl sites for hydroxylation is 1. The summed E-state index contributed by atoms with van der Waals surface area (Å²) < 4.78 is 19.2. The van der Waals surface area contributed by atoms with Gasteiger partial charge in [-0.15, -0.1) is 0 Å². The molecular formula is C28H24NO4+. The molecule has 6 rings (SSSR count). The Balaban J connectivity index is 1.69. The van der Waals surface area contributed by atoms with E-state index in [-0.39, 0.29) is 13.4 Å². The van der Waals surface area contributed by atoms with E-state index in [0.29, 0.717) is 0 Å². The van der Waals surface area contributed by atoms with Crippen molar-refractivity contribution in [2.45, 2.75) is 13.0 Å². The Morgan fingerprint density at radius 2 is 1.70 bits per heavy atom. The molecule has 0 spiro atoms. The van der Waals surface area contributed by atoms with Crippen molar-refractivity contribution in [1.29, 1.82) is 0 Å². The number of aliphatic hydroxyl groups is 1. The van der Waals surface area contributed by atoms with Gasteiger partial charge in [-0.05, 0) is 47.2 Å². The van der Waals surface area contributed by atoms with Crippen LogP contribution in [-0.4, -0.2) is 19.0 Å². The molecule has 5 aromatic rings. The second-order valence-electron chi connectivity index (χ2n) is 8.46. The highest BCUT2D eigenvalue weighted by Crippen LogP contribution is 2.41. The van der Waals surface area contributed by atoms with Crippen LogP contribution in [0.15, 0.2) is 66.9 Å². The van der Waals surface area contributed by atoms with Crippen LogP contribution >= 0.6 is 0 Å². The normalized spacial score (nSPS) is 12.7. The third kappa shape index (κ3) is 3.08. The number of fused-ring (bicyclic) bond motifs is 6. The molecule has 33 heavy (non-hydrogen) atoms. The van der Waals surface area contributed by atoms with Gasteiger partial charge in [-0.3, -0.25) is 0 Å². The van der Waals surface area contributed by atoms with Crippen LogP contribution in [0.1, 0.15) is 16.7 Å². The standard InChI is InChI=1S/C28H24NO4/c1-29-14-23-22(11-19(24(15-30)28(23)31-2)10-17-6-4-3-5-7-17)20-9-8-18-12-25-26(33-16-32-25)13-21(18)27(20)29/h3-9,11-14,30H,10,15-16H2,1-2H3/q+1. The number of hydrogen-bond acceptors (Lipinski definition) is 4. The number of aromatic nitrogens is 1. The van der Waals surface area contributed by atoms with Gasteiger partial charge in [0.2, 0.25) is 12.3 Å². The van der Waals surface area contributed by atoms with Crippen LogP contribution in [0.5, 0.6) is 17.2 Å². The van der Waals surface area contributed by atoms with Gasteiger partial charge in [0.25, 0.3) is 0 Å². The molecule has 5 heteroatoms. The number of aliphatic hydroxyl groups excluding tert-OH is 1. The molecule has 1 aliphatic rings. The number of ether oxygens (including phenoxy) is 3. The van der Waals surface area contributed by atoms with Crippen molar-refractivity contribution < 1.29 is 23.9 Å². The predicted molar refractivity (Wildman–Crippen MR) is 128 cm³/mol. The van der Waals surface area contributed by atoms with Gasteiger partial charge in [-0.25, -0.2) is 0 Å². The second-order valence-corrected chi connectivity index (χ2v) is 8.46. The molecule has 0 atom stereocenters. The van der Waals surface area contributed by atoms with Crippen molar-refractivity contribution in [3.05, 3.63) is 83.6 Å². The van der Waals surface area contributed by atoms with Crippen molar-refractivity contribution in [2.75, 3.05) is 13.9 Å². The van der Waals surface area contributed by atoms with Crippen molar-refractivity contribution in [3.8, 4) is 17.2 Å². The minimum absolute atomic E-state index is 0.0791. The van der Waals surface area contributed by atoms with Crippen molar-refractivity contribution in [3.63, 3.8) is 0 Å². The molecule has 0 saturated carbocycles. The highest BCUT2D eigenvalue weighted by atomic mass is 16.7. The smallest absolute Gasteiger partial charge is 0.231 e. The Morgan fingerprint density at radius 3 is 2.45 bits per heavy atom. The number of nitrogens with zero attached hydrogens (tertiary/aromatic N) is 1. The highest BCUT2D eigenvalue weighted by Gasteiger charge is 2.23. The number of methoxy groups -OCH3 is 1. The molecule has 2 heterocycles. The zero-order valence-electron chi connectivity index (χ0n) is 18.6. The molecule has 0 saturated heterocycles. The van der Waals surface area contributed by atoms with Gasteiger partial charge in [0, 0.05) is 10.9 Å². The van der Waals surface area contributed by atoms with E-state index in [1.807, 2.05) is 31.3 Å². The molecule has 4 aromatic carbocycles. The summed E-state index contributed by atoms with van der Waals surface area (Å²) in [6.07, 6.45) is 2.81. The summed E-state index contributed by atoms with van der Waals surface area (Å²) in [6.45, 7) is 0.173. The van der Waals surface area contributed by atoms with Crippen LogP contribution in [0.3, 0.4) is 0 Å². The van der Waals surface area contributed by atoms with Crippen molar-refractivity contribution >= 4 is 32.4 Å². The van der Waals surface area contributed by atoms with E-state index in [1.165, 1.54) is 5.56 Å². The van der Waals surface area contributed by atoms with Crippen molar-refractivity contribution in [2.24, 2.45) is 7.05 Å². The van der Waals surface area contributed by atoms with Crippen LogP contribution in [0, 0.1) is 0 Å². The monoisotopic (exact) mass is 438 g/mol. The maximum atomic E-state index is 10.3. The third-order valence-corrected chi connectivity index (χ3v) is 6.56. The average molecular weight is 439 g/mol. The van der Waals surface area contributed by atoms with Gasteiger partial charge in [0.15, 0.2) is 17.7 Å². The Morgan fingerprint density at radius 1 is 0.909 bits per heavy atom. The van der Waals surface area contributed by atoms with Gasteiger partial charge < -0.3 is 19.3 Å². The van der Waals surface area contributed by atoms with E-state index in [1.54, 1.807) is 7.11 Å². The van der Waals surface area contributed by atoms with Gasteiger partial charge in [0.1, 0.15) is 12.8 Å². The first-order chi connectivity index (χ1) is 16.2. The minimum Gasteiger partial charge on any atom is -0.495 e. The first kappa shape index (κ1) is 19.8. The van der Waals surface area contributed by atoms with Crippen LogP contribution in [0.25, 0.3) is 32.4 Å². The number of benzene rings is 4. The quantitative estimate of drug-likeness (QED) is 0.324. The SMILES string of the molecule is COc1c(CO)c(Cc2ccccc2)cc2c1c[n+](C)c1c3cc4c(cc3ccc21)OCO4. The lowest BCUT2D eigenvalue weighted by Crippen LogP contribution is -2.28. The topological polar surface area (TPSA) is 51.8 Å². The molecule has 1 aromatic heterocycles. The van der Waals surface area contributed by atoms with Gasteiger partial charge in [-0.2, -0.15) is 4.57 Å². The summed E-state index contributed by atoms with van der Waals surface area (Å²) in [6, 6.07) is 20.9. The molecular weight excluding hydrogens is 414 g/mol. The largest absolute Gasteiger partial charge is 0.495 e. The molecule has 164 valence electrons. The molecule has 0 radical (unpaired) electrons. The highest BCUT2D eigenvalue weighted by molar-refractivity contribution is 6.15. The lowest BCUT2D eigenvalue weighted by atomic mass is 9.93. The van der Waals surface area contributed by atoms with Crippen LogP contribution in [-0.2, 0) is 20.1 Å². The summed E-state index contributed by atoms with van der Waals surface area (Å²) in [5, 5.41) is 15.7. The molecule has 0 unspecified atom stereocenters. The Bertz CT molecular complexity index is 1540. The van der Waals surface area contributed by atoms with Crippen LogP contribution < -0.4 is 18.8 Å².